The predicted molar refractivity (Wildman–Crippen MR) is 138 cm³/mol. The van der Waals surface area contributed by atoms with Gasteiger partial charge < -0.3 is 16.0 Å². The molecule has 2 aromatic carbocycles. The van der Waals surface area contributed by atoms with E-state index in [0.29, 0.717) is 24.3 Å². The van der Waals surface area contributed by atoms with E-state index in [-0.39, 0.29) is 11.9 Å². The highest BCUT2D eigenvalue weighted by molar-refractivity contribution is 7.09. The standard InChI is InChI=1S/C27H32N4O2S/c1-20-7-5-13-31(18-20)19-23-9-3-2-8-22(23)16-29-27(33)30-24-11-4-10-21(15-24)26(32)28-17-25-12-6-14-34-25/h2-4,6,8-12,14-15,20H,5,7,13,16-19H2,1H3,(H,28,32)(H2,29,30,33). The Morgan fingerprint density at radius 2 is 1.85 bits per heavy atom. The van der Waals surface area contributed by atoms with Crippen LogP contribution in [0.5, 0.6) is 0 Å². The summed E-state index contributed by atoms with van der Waals surface area (Å²) in [5.41, 5.74) is 3.46. The number of urea groups is 1. The van der Waals surface area contributed by atoms with E-state index >= 15 is 0 Å². The first-order valence-corrected chi connectivity index (χ1v) is 12.7. The number of rotatable bonds is 8. The number of piperidine rings is 1. The molecule has 0 saturated carbocycles. The second kappa shape index (κ2) is 11.8. The maximum Gasteiger partial charge on any atom is 0.319 e. The molecule has 3 N–H and O–H groups in total. The highest BCUT2D eigenvalue weighted by Gasteiger charge is 2.17. The van der Waals surface area contributed by atoms with Crippen LogP contribution in [0.1, 0.15) is 46.1 Å². The number of likely N-dealkylation sites (tertiary alicyclic amines) is 1. The topological polar surface area (TPSA) is 73.5 Å². The molecule has 0 spiro atoms. The molecule has 178 valence electrons. The lowest BCUT2D eigenvalue weighted by molar-refractivity contribution is 0.0951. The molecule has 4 rings (SSSR count). The zero-order chi connectivity index (χ0) is 23.8. The van der Waals surface area contributed by atoms with Crippen LogP contribution < -0.4 is 16.0 Å². The quantitative estimate of drug-likeness (QED) is 0.417. The van der Waals surface area contributed by atoms with Gasteiger partial charge in [0.2, 0.25) is 0 Å². The molecule has 1 atom stereocenters. The molecule has 0 bridgehead atoms. The second-order valence-corrected chi connectivity index (χ2v) is 9.93. The van der Waals surface area contributed by atoms with Gasteiger partial charge in [-0.05, 0) is 66.1 Å². The highest BCUT2D eigenvalue weighted by atomic mass is 32.1. The smallest absolute Gasteiger partial charge is 0.319 e. The molecular formula is C27H32N4O2S. The summed E-state index contributed by atoms with van der Waals surface area (Å²) in [6.07, 6.45) is 2.55. The first-order chi connectivity index (χ1) is 16.6. The second-order valence-electron chi connectivity index (χ2n) is 8.90. The minimum Gasteiger partial charge on any atom is -0.347 e. The summed E-state index contributed by atoms with van der Waals surface area (Å²) >= 11 is 1.60. The average Bonchev–Trinajstić information content (AvgIpc) is 3.36. The number of carbonyl (C=O) groups excluding carboxylic acids is 2. The Kier molecular flexibility index (Phi) is 8.33. The first-order valence-electron chi connectivity index (χ1n) is 11.8. The van der Waals surface area contributed by atoms with Crippen LogP contribution in [0, 0.1) is 5.92 Å². The van der Waals surface area contributed by atoms with E-state index in [9.17, 15) is 9.59 Å². The molecular weight excluding hydrogens is 444 g/mol. The number of nitrogens with one attached hydrogen (secondary N) is 3. The maximum atomic E-state index is 12.6. The summed E-state index contributed by atoms with van der Waals surface area (Å²) in [6, 6.07) is 18.9. The molecule has 1 aliphatic heterocycles. The van der Waals surface area contributed by atoms with Crippen LogP contribution in [0.15, 0.2) is 66.0 Å². The third-order valence-electron chi connectivity index (χ3n) is 6.08. The van der Waals surface area contributed by atoms with Crippen LogP contribution in [0.25, 0.3) is 0 Å². The van der Waals surface area contributed by atoms with Crippen molar-refractivity contribution in [1.82, 2.24) is 15.5 Å². The van der Waals surface area contributed by atoms with Crippen molar-refractivity contribution >= 4 is 29.0 Å². The molecule has 3 aromatic rings. The van der Waals surface area contributed by atoms with Crippen molar-refractivity contribution in [3.05, 3.63) is 87.6 Å². The van der Waals surface area contributed by atoms with Crippen molar-refractivity contribution in [2.75, 3.05) is 18.4 Å². The van der Waals surface area contributed by atoms with E-state index in [4.69, 9.17) is 0 Å². The Morgan fingerprint density at radius 3 is 2.65 bits per heavy atom. The van der Waals surface area contributed by atoms with Crippen LogP contribution in [-0.4, -0.2) is 29.9 Å². The maximum absolute atomic E-state index is 12.6. The van der Waals surface area contributed by atoms with Gasteiger partial charge in [-0.2, -0.15) is 0 Å². The Bertz CT molecular complexity index is 1100. The third-order valence-corrected chi connectivity index (χ3v) is 6.96. The molecule has 7 heteroatoms. The average molecular weight is 477 g/mol. The Labute approximate surface area is 205 Å². The van der Waals surface area contributed by atoms with Gasteiger partial charge in [-0.15, -0.1) is 11.3 Å². The van der Waals surface area contributed by atoms with Gasteiger partial charge in [0, 0.05) is 35.8 Å². The zero-order valence-electron chi connectivity index (χ0n) is 19.5. The van der Waals surface area contributed by atoms with Crippen molar-refractivity contribution in [2.24, 2.45) is 5.92 Å². The van der Waals surface area contributed by atoms with Crippen LogP contribution in [0.4, 0.5) is 10.5 Å². The molecule has 1 unspecified atom stereocenters. The molecule has 1 aliphatic rings. The van der Waals surface area contributed by atoms with Crippen molar-refractivity contribution in [3.8, 4) is 0 Å². The van der Waals surface area contributed by atoms with E-state index in [1.54, 1.807) is 35.6 Å². The summed E-state index contributed by atoms with van der Waals surface area (Å²) in [6.45, 7) is 6.42. The van der Waals surface area contributed by atoms with E-state index in [0.717, 1.165) is 36.0 Å². The first kappa shape index (κ1) is 24.0. The monoisotopic (exact) mass is 476 g/mol. The van der Waals surface area contributed by atoms with Crippen LogP contribution in [-0.2, 0) is 19.6 Å². The lowest BCUT2D eigenvalue weighted by Crippen LogP contribution is -2.34. The number of carbonyl (C=O) groups is 2. The Balaban J connectivity index is 1.30. The summed E-state index contributed by atoms with van der Waals surface area (Å²) in [5.74, 6) is 0.566. The van der Waals surface area contributed by atoms with Gasteiger partial charge in [0.15, 0.2) is 0 Å². The lowest BCUT2D eigenvalue weighted by atomic mass is 9.99. The van der Waals surface area contributed by atoms with Crippen molar-refractivity contribution in [2.45, 2.75) is 39.4 Å². The molecule has 3 amide bonds. The number of amides is 3. The number of anilines is 1. The summed E-state index contributed by atoms with van der Waals surface area (Å²) in [5, 5.41) is 10.7. The fourth-order valence-electron chi connectivity index (χ4n) is 4.33. The van der Waals surface area contributed by atoms with E-state index < -0.39 is 0 Å². The van der Waals surface area contributed by atoms with Crippen LogP contribution in [0.2, 0.25) is 0 Å². The van der Waals surface area contributed by atoms with Gasteiger partial charge in [0.25, 0.3) is 5.91 Å². The SMILES string of the molecule is CC1CCCN(Cc2ccccc2CNC(=O)Nc2cccc(C(=O)NCc3cccs3)c2)C1. The fraction of sp³-hybridized carbons (Fsp3) is 0.333. The number of nitrogens with zero attached hydrogens (tertiary/aromatic N) is 1. The molecule has 34 heavy (non-hydrogen) atoms. The van der Waals surface area contributed by atoms with E-state index in [1.165, 1.54) is 18.4 Å². The molecule has 1 aromatic heterocycles. The molecule has 0 aliphatic carbocycles. The van der Waals surface area contributed by atoms with Crippen LogP contribution in [0.3, 0.4) is 0 Å². The third kappa shape index (κ3) is 6.92. The van der Waals surface area contributed by atoms with Crippen molar-refractivity contribution in [1.29, 1.82) is 0 Å². The van der Waals surface area contributed by atoms with Gasteiger partial charge in [0.05, 0.1) is 6.54 Å². The number of thiophene rings is 1. The normalized spacial score (nSPS) is 16.1. The van der Waals surface area contributed by atoms with E-state index in [1.807, 2.05) is 23.6 Å². The molecule has 1 fully saturated rings. The summed E-state index contributed by atoms with van der Waals surface area (Å²) in [4.78, 5) is 28.6. The minimum absolute atomic E-state index is 0.168. The van der Waals surface area contributed by atoms with Gasteiger partial charge in [-0.3, -0.25) is 9.69 Å². The lowest BCUT2D eigenvalue weighted by Gasteiger charge is -2.31. The van der Waals surface area contributed by atoms with Gasteiger partial charge in [-0.1, -0.05) is 43.3 Å². The number of hydrogen-bond donors (Lipinski definition) is 3. The molecule has 1 saturated heterocycles. The van der Waals surface area contributed by atoms with Gasteiger partial charge in [-0.25, -0.2) is 4.79 Å². The largest absolute Gasteiger partial charge is 0.347 e. The number of benzene rings is 2. The van der Waals surface area contributed by atoms with Crippen molar-refractivity contribution in [3.63, 3.8) is 0 Å². The highest BCUT2D eigenvalue weighted by Crippen LogP contribution is 2.20. The Hall–Kier alpha value is -3.16. The van der Waals surface area contributed by atoms with E-state index in [2.05, 4.69) is 46.0 Å². The van der Waals surface area contributed by atoms with Gasteiger partial charge >= 0.3 is 6.03 Å². The molecule has 0 radical (unpaired) electrons. The molecule has 6 nitrogen and oxygen atoms in total. The fourth-order valence-corrected chi connectivity index (χ4v) is 4.97. The minimum atomic E-state index is -0.294. The predicted octanol–water partition coefficient (Wildman–Crippen LogP) is 5.23. The zero-order valence-corrected chi connectivity index (χ0v) is 20.4. The molecule has 2 heterocycles. The number of hydrogen-bond acceptors (Lipinski definition) is 4. The van der Waals surface area contributed by atoms with Gasteiger partial charge in [0.1, 0.15) is 0 Å². The summed E-state index contributed by atoms with van der Waals surface area (Å²) < 4.78 is 0. The summed E-state index contributed by atoms with van der Waals surface area (Å²) in [7, 11) is 0. The Morgan fingerprint density at radius 1 is 1.00 bits per heavy atom. The van der Waals surface area contributed by atoms with Crippen LogP contribution >= 0.6 is 11.3 Å². The van der Waals surface area contributed by atoms with Crippen molar-refractivity contribution < 1.29 is 9.59 Å².